The number of hydrogen-bond donors (Lipinski definition) is 0. The number of carbonyl (C=O) groups is 2. The maximum absolute atomic E-state index is 12.6. The van der Waals surface area contributed by atoms with Crippen molar-refractivity contribution in [1.82, 2.24) is 4.90 Å². The highest BCUT2D eigenvalue weighted by Crippen LogP contribution is 2.43. The Bertz CT molecular complexity index is 714. The van der Waals surface area contributed by atoms with E-state index < -0.39 is 0 Å². The molecule has 0 bridgehead atoms. The quantitative estimate of drug-likeness (QED) is 0.624. The standard InChI is InChI=1S/C15H14N2O3S2/c1-16-10-6-4-3-5-9(10)11(13(16)18)12-14(19)17(7-8-20-2)15(21)22-12/h3-6H,7-8H2,1-2H3. The molecule has 1 fully saturated rings. The molecule has 7 heteroatoms. The first-order valence-corrected chi connectivity index (χ1v) is 7.93. The highest BCUT2D eigenvalue weighted by atomic mass is 32.2. The summed E-state index contributed by atoms with van der Waals surface area (Å²) in [4.78, 5) is 28.6. The number of hydrogen-bond acceptors (Lipinski definition) is 5. The minimum atomic E-state index is -0.222. The first-order valence-electron chi connectivity index (χ1n) is 6.70. The van der Waals surface area contributed by atoms with Crippen LogP contribution < -0.4 is 4.90 Å². The fraction of sp³-hybridized carbons (Fsp3) is 0.267. The number of amides is 2. The smallest absolute Gasteiger partial charge is 0.267 e. The number of anilines is 1. The molecular weight excluding hydrogens is 320 g/mol. The van der Waals surface area contributed by atoms with Crippen molar-refractivity contribution in [2.75, 3.05) is 32.2 Å². The molecule has 5 nitrogen and oxygen atoms in total. The maximum atomic E-state index is 12.6. The van der Waals surface area contributed by atoms with E-state index in [-0.39, 0.29) is 11.8 Å². The van der Waals surface area contributed by atoms with Crippen molar-refractivity contribution in [1.29, 1.82) is 0 Å². The number of fused-ring (bicyclic) bond motifs is 1. The molecular formula is C15H14N2O3S2. The van der Waals surface area contributed by atoms with Gasteiger partial charge in [0.25, 0.3) is 11.8 Å². The Balaban J connectivity index is 2.06. The molecule has 0 saturated carbocycles. The average Bonchev–Trinajstić information content (AvgIpc) is 2.93. The number of likely N-dealkylation sites (N-methyl/N-ethyl adjacent to an activating group) is 1. The Hall–Kier alpha value is -1.70. The van der Waals surface area contributed by atoms with Crippen molar-refractivity contribution in [3.05, 3.63) is 34.7 Å². The largest absolute Gasteiger partial charge is 0.383 e. The van der Waals surface area contributed by atoms with Gasteiger partial charge < -0.3 is 9.64 Å². The fourth-order valence-electron chi connectivity index (χ4n) is 2.51. The van der Waals surface area contributed by atoms with Gasteiger partial charge in [0.15, 0.2) is 0 Å². The molecule has 1 aromatic carbocycles. The Kier molecular flexibility index (Phi) is 4.03. The summed E-state index contributed by atoms with van der Waals surface area (Å²) in [5.41, 5.74) is 2.03. The van der Waals surface area contributed by atoms with Crippen molar-refractivity contribution < 1.29 is 14.3 Å². The number of ether oxygens (including phenoxy) is 1. The zero-order valence-electron chi connectivity index (χ0n) is 12.2. The zero-order valence-corrected chi connectivity index (χ0v) is 13.8. The molecule has 114 valence electrons. The molecule has 1 aromatic rings. The van der Waals surface area contributed by atoms with E-state index in [1.807, 2.05) is 24.3 Å². The van der Waals surface area contributed by atoms with Gasteiger partial charge in [-0.2, -0.15) is 0 Å². The SMILES string of the molecule is COCCN1C(=O)C(=C2C(=O)N(C)c3ccccc32)SC1=S. The van der Waals surface area contributed by atoms with Gasteiger partial charge in [0, 0.05) is 19.7 Å². The molecule has 0 unspecified atom stereocenters. The van der Waals surface area contributed by atoms with Crippen LogP contribution in [-0.4, -0.2) is 48.3 Å². The van der Waals surface area contributed by atoms with E-state index in [0.717, 1.165) is 11.3 Å². The van der Waals surface area contributed by atoms with Crippen LogP contribution in [0.5, 0.6) is 0 Å². The van der Waals surface area contributed by atoms with Crippen molar-refractivity contribution in [2.45, 2.75) is 0 Å². The van der Waals surface area contributed by atoms with Gasteiger partial charge in [-0.1, -0.05) is 42.2 Å². The van der Waals surface area contributed by atoms with Crippen LogP contribution >= 0.6 is 24.0 Å². The highest BCUT2D eigenvalue weighted by molar-refractivity contribution is 8.26. The minimum absolute atomic E-state index is 0.173. The number of nitrogens with zero attached hydrogens (tertiary/aromatic N) is 2. The maximum Gasteiger partial charge on any atom is 0.267 e. The molecule has 0 radical (unpaired) electrons. The van der Waals surface area contributed by atoms with Gasteiger partial charge in [-0.3, -0.25) is 14.5 Å². The summed E-state index contributed by atoms with van der Waals surface area (Å²) in [5, 5.41) is 0. The molecule has 0 spiro atoms. The third-order valence-electron chi connectivity index (χ3n) is 3.65. The topological polar surface area (TPSA) is 49.9 Å². The number of rotatable bonds is 3. The fourth-order valence-corrected chi connectivity index (χ4v) is 3.89. The van der Waals surface area contributed by atoms with Crippen LogP contribution in [0.15, 0.2) is 29.2 Å². The van der Waals surface area contributed by atoms with Crippen LogP contribution in [0.25, 0.3) is 5.57 Å². The first-order chi connectivity index (χ1) is 10.6. The lowest BCUT2D eigenvalue weighted by atomic mass is 10.1. The van der Waals surface area contributed by atoms with Gasteiger partial charge in [-0.25, -0.2) is 0 Å². The molecule has 2 amide bonds. The third-order valence-corrected chi connectivity index (χ3v) is 5.10. The van der Waals surface area contributed by atoms with Gasteiger partial charge >= 0.3 is 0 Å². The minimum Gasteiger partial charge on any atom is -0.383 e. The lowest BCUT2D eigenvalue weighted by molar-refractivity contribution is -0.122. The summed E-state index contributed by atoms with van der Waals surface area (Å²) >= 11 is 6.45. The molecule has 0 aromatic heterocycles. The van der Waals surface area contributed by atoms with Crippen molar-refractivity contribution in [2.24, 2.45) is 0 Å². The third kappa shape index (κ3) is 2.25. The Morgan fingerprint density at radius 3 is 2.68 bits per heavy atom. The van der Waals surface area contributed by atoms with Crippen LogP contribution in [0.1, 0.15) is 5.56 Å². The second kappa shape index (κ2) is 5.83. The van der Waals surface area contributed by atoms with E-state index >= 15 is 0 Å². The van der Waals surface area contributed by atoms with Crippen molar-refractivity contribution >= 4 is 51.4 Å². The number of thiocarbonyl (C=S) groups is 1. The summed E-state index contributed by atoms with van der Waals surface area (Å²) in [7, 11) is 3.28. The van der Waals surface area contributed by atoms with Gasteiger partial charge in [-0.05, 0) is 6.07 Å². The number of benzene rings is 1. The van der Waals surface area contributed by atoms with Gasteiger partial charge in [0.05, 0.1) is 29.3 Å². The van der Waals surface area contributed by atoms with E-state index in [0.29, 0.717) is 28.0 Å². The van der Waals surface area contributed by atoms with E-state index in [4.69, 9.17) is 17.0 Å². The van der Waals surface area contributed by atoms with E-state index in [9.17, 15) is 9.59 Å². The van der Waals surface area contributed by atoms with E-state index in [1.54, 1.807) is 19.1 Å². The summed E-state index contributed by atoms with van der Waals surface area (Å²) in [6.45, 7) is 0.795. The van der Waals surface area contributed by atoms with Crippen LogP contribution in [0.4, 0.5) is 5.69 Å². The second-order valence-electron chi connectivity index (χ2n) is 4.90. The zero-order chi connectivity index (χ0) is 15.9. The highest BCUT2D eigenvalue weighted by Gasteiger charge is 2.40. The van der Waals surface area contributed by atoms with E-state index in [2.05, 4.69) is 0 Å². The van der Waals surface area contributed by atoms with Crippen molar-refractivity contribution in [3.8, 4) is 0 Å². The summed E-state index contributed by atoms with van der Waals surface area (Å²) in [6, 6.07) is 7.45. The summed E-state index contributed by atoms with van der Waals surface area (Å²) in [6.07, 6.45) is 0. The summed E-state index contributed by atoms with van der Waals surface area (Å²) in [5.74, 6) is -0.394. The van der Waals surface area contributed by atoms with E-state index in [1.165, 1.54) is 16.7 Å². The normalized spacial score (nSPS) is 21.1. The van der Waals surface area contributed by atoms with Crippen molar-refractivity contribution in [3.63, 3.8) is 0 Å². The molecule has 2 heterocycles. The number of carbonyl (C=O) groups excluding carboxylic acids is 2. The Morgan fingerprint density at radius 2 is 1.95 bits per heavy atom. The average molecular weight is 334 g/mol. The summed E-state index contributed by atoms with van der Waals surface area (Å²) < 4.78 is 5.46. The first kappa shape index (κ1) is 15.2. The number of para-hydroxylation sites is 1. The lowest BCUT2D eigenvalue weighted by Gasteiger charge is -2.13. The lowest BCUT2D eigenvalue weighted by Crippen LogP contribution is -2.31. The molecule has 2 aliphatic heterocycles. The number of thioether (sulfide) groups is 1. The molecule has 1 saturated heterocycles. The van der Waals surface area contributed by atoms with Gasteiger partial charge in [0.1, 0.15) is 4.32 Å². The monoisotopic (exact) mass is 334 g/mol. The van der Waals surface area contributed by atoms with Crippen LogP contribution in [-0.2, 0) is 14.3 Å². The van der Waals surface area contributed by atoms with Gasteiger partial charge in [0.2, 0.25) is 0 Å². The molecule has 0 atom stereocenters. The molecule has 0 N–H and O–H groups in total. The molecule has 22 heavy (non-hydrogen) atoms. The second-order valence-corrected chi connectivity index (χ2v) is 6.55. The molecule has 2 aliphatic rings. The Morgan fingerprint density at radius 1 is 1.23 bits per heavy atom. The predicted molar refractivity (Wildman–Crippen MR) is 90.6 cm³/mol. The predicted octanol–water partition coefficient (Wildman–Crippen LogP) is 1.88. The molecule has 0 aliphatic carbocycles. The van der Waals surface area contributed by atoms with Gasteiger partial charge in [-0.15, -0.1) is 0 Å². The molecule has 3 rings (SSSR count). The van der Waals surface area contributed by atoms with Crippen LogP contribution in [0, 0.1) is 0 Å². The Labute approximate surface area is 137 Å². The van der Waals surface area contributed by atoms with Crippen LogP contribution in [0.2, 0.25) is 0 Å². The number of methoxy groups -OCH3 is 1. The van der Waals surface area contributed by atoms with Crippen LogP contribution in [0.3, 0.4) is 0 Å².